The van der Waals surface area contributed by atoms with Gasteiger partial charge in [0.1, 0.15) is 17.5 Å². The molecule has 2 aromatic rings. The highest BCUT2D eigenvalue weighted by Gasteiger charge is 2.65. The molecule has 2 aliphatic rings. The Morgan fingerprint density at radius 3 is 2.39 bits per heavy atom. The minimum absolute atomic E-state index is 0.0520. The van der Waals surface area contributed by atoms with E-state index in [0.29, 0.717) is 20.4 Å². The zero-order valence-electron chi connectivity index (χ0n) is 17.7. The van der Waals surface area contributed by atoms with Crippen molar-refractivity contribution in [1.82, 2.24) is 5.32 Å². The average Bonchev–Trinajstić information content (AvgIpc) is 3.54. The van der Waals surface area contributed by atoms with Gasteiger partial charge in [-0.3, -0.25) is 9.59 Å². The van der Waals surface area contributed by atoms with E-state index in [4.69, 9.17) is 4.74 Å². The van der Waals surface area contributed by atoms with E-state index in [2.05, 4.69) is 15.5 Å². The van der Waals surface area contributed by atoms with Crippen LogP contribution >= 0.6 is 22.6 Å². The molecule has 2 heterocycles. The zero-order valence-corrected chi connectivity index (χ0v) is 19.9. The molecule has 2 N–H and O–H groups in total. The lowest BCUT2D eigenvalue weighted by Gasteiger charge is -2.42. The number of hydrogen-bond donors (Lipinski definition) is 2. The SMILES string of the molecule is CC(=O)c1cc([125I])c2c(c1)C(NC(=O)c1cccc(C3(C(F)(F)F)N=N3)c1)C(O)C(C)(C)O2. The number of fused-ring (bicyclic) bond motifs is 1. The van der Waals surface area contributed by atoms with Crippen LogP contribution in [0.15, 0.2) is 46.6 Å². The van der Waals surface area contributed by atoms with E-state index in [1.807, 2.05) is 22.6 Å². The number of carbonyl (C=O) groups is 2. The third-order valence-electron chi connectivity index (χ3n) is 5.72. The van der Waals surface area contributed by atoms with Crippen LogP contribution in [-0.2, 0) is 5.66 Å². The predicted molar refractivity (Wildman–Crippen MR) is 119 cm³/mol. The molecule has 2 aliphatic heterocycles. The van der Waals surface area contributed by atoms with Gasteiger partial charge in [-0.2, -0.15) is 13.2 Å². The van der Waals surface area contributed by atoms with Gasteiger partial charge in [0.05, 0.1) is 9.61 Å². The highest BCUT2D eigenvalue weighted by Crippen LogP contribution is 2.52. The average molecular weight is 571 g/mol. The first kappa shape index (κ1) is 23.6. The quantitative estimate of drug-likeness (QED) is 0.412. The number of hydrogen-bond acceptors (Lipinski definition) is 6. The van der Waals surface area contributed by atoms with Crippen LogP contribution in [0.3, 0.4) is 0 Å². The van der Waals surface area contributed by atoms with Crippen molar-refractivity contribution < 1.29 is 32.6 Å². The van der Waals surface area contributed by atoms with Crippen molar-refractivity contribution in [2.45, 2.75) is 50.4 Å². The van der Waals surface area contributed by atoms with E-state index < -0.39 is 35.5 Å². The molecule has 11 heteroatoms. The lowest BCUT2D eigenvalue weighted by Crippen LogP contribution is -2.53. The second-order valence-corrected chi connectivity index (χ2v) is 9.65. The second kappa shape index (κ2) is 7.76. The molecule has 2 atom stereocenters. The Hall–Kier alpha value is -2.54. The zero-order chi connectivity index (χ0) is 24.3. The number of aliphatic hydroxyl groups excluding tert-OH is 1. The molecule has 174 valence electrons. The van der Waals surface area contributed by atoms with Gasteiger partial charge in [-0.1, -0.05) is 12.1 Å². The summed E-state index contributed by atoms with van der Waals surface area (Å²) >= 11 is 2.01. The predicted octanol–water partition coefficient (Wildman–Crippen LogP) is 4.68. The van der Waals surface area contributed by atoms with Gasteiger partial charge < -0.3 is 15.2 Å². The van der Waals surface area contributed by atoms with Gasteiger partial charge >= 0.3 is 11.8 Å². The minimum Gasteiger partial charge on any atom is -0.484 e. The van der Waals surface area contributed by atoms with Crippen molar-refractivity contribution in [3.8, 4) is 5.75 Å². The second-order valence-electron chi connectivity index (χ2n) is 8.48. The molecular formula is C22H19F3IN3O4. The number of ketones is 1. The first-order valence-corrected chi connectivity index (χ1v) is 11.0. The molecule has 0 saturated heterocycles. The molecule has 0 radical (unpaired) electrons. The number of carbonyl (C=O) groups excluding carboxylic acids is 2. The number of halogens is 4. The van der Waals surface area contributed by atoms with Gasteiger partial charge in [-0.25, -0.2) is 0 Å². The molecule has 7 nitrogen and oxygen atoms in total. The maximum atomic E-state index is 13.4. The van der Waals surface area contributed by atoms with Crippen LogP contribution < -0.4 is 10.1 Å². The lowest BCUT2D eigenvalue weighted by molar-refractivity contribution is -0.166. The van der Waals surface area contributed by atoms with Crippen LogP contribution in [-0.4, -0.2) is 34.7 Å². The van der Waals surface area contributed by atoms with Gasteiger partial charge in [-0.15, -0.1) is 10.2 Å². The normalized spacial score (nSPS) is 22.2. The van der Waals surface area contributed by atoms with E-state index in [1.54, 1.807) is 26.0 Å². The van der Waals surface area contributed by atoms with Crippen molar-refractivity contribution >= 4 is 34.3 Å². The fourth-order valence-corrected chi connectivity index (χ4v) is 4.51. The van der Waals surface area contributed by atoms with Crippen molar-refractivity contribution in [2.24, 2.45) is 10.2 Å². The Morgan fingerprint density at radius 2 is 1.82 bits per heavy atom. The summed E-state index contributed by atoms with van der Waals surface area (Å²) < 4.78 is 46.7. The van der Waals surface area contributed by atoms with Crippen molar-refractivity contribution in [1.29, 1.82) is 0 Å². The van der Waals surface area contributed by atoms with Crippen LogP contribution in [0.4, 0.5) is 13.2 Å². The van der Waals surface area contributed by atoms with Crippen molar-refractivity contribution in [2.75, 3.05) is 0 Å². The number of aliphatic hydroxyl groups is 1. The Kier molecular flexibility index (Phi) is 5.55. The summed E-state index contributed by atoms with van der Waals surface area (Å²) in [4.78, 5) is 25.0. The summed E-state index contributed by atoms with van der Waals surface area (Å²) in [5.74, 6) is -0.491. The number of nitrogens with zero attached hydrogens (tertiary/aromatic N) is 2. The molecular weight excluding hydrogens is 552 g/mol. The molecule has 33 heavy (non-hydrogen) atoms. The molecule has 1 amide bonds. The summed E-state index contributed by atoms with van der Waals surface area (Å²) in [5, 5.41) is 20.0. The van der Waals surface area contributed by atoms with Crippen molar-refractivity contribution in [3.05, 3.63) is 62.2 Å². The summed E-state index contributed by atoms with van der Waals surface area (Å²) in [6, 6.07) is 7.18. The monoisotopic (exact) mass is 571 g/mol. The molecule has 0 bridgehead atoms. The molecule has 0 aromatic heterocycles. The summed E-state index contributed by atoms with van der Waals surface area (Å²) in [6.45, 7) is 4.70. The molecule has 0 fully saturated rings. The number of amides is 1. The van der Waals surface area contributed by atoms with Crippen LogP contribution in [0.5, 0.6) is 5.75 Å². The van der Waals surface area contributed by atoms with E-state index >= 15 is 0 Å². The Bertz CT molecular complexity index is 1190. The number of benzene rings is 2. The Balaban J connectivity index is 1.70. The highest BCUT2D eigenvalue weighted by atomic mass is 125. The summed E-state index contributed by atoms with van der Waals surface area (Å²) in [6.07, 6.45) is -5.92. The van der Waals surface area contributed by atoms with E-state index in [1.165, 1.54) is 25.1 Å². The number of alkyl halides is 3. The lowest BCUT2D eigenvalue weighted by atomic mass is 9.85. The summed E-state index contributed by atoms with van der Waals surface area (Å²) in [7, 11) is 0. The van der Waals surface area contributed by atoms with Crippen LogP contribution in [0.1, 0.15) is 58.7 Å². The Morgan fingerprint density at radius 1 is 1.15 bits per heavy atom. The van der Waals surface area contributed by atoms with Gasteiger partial charge in [-0.05, 0) is 67.6 Å². The molecule has 2 unspecified atom stereocenters. The maximum Gasteiger partial charge on any atom is 0.442 e. The number of ether oxygens (including phenoxy) is 1. The van der Waals surface area contributed by atoms with E-state index in [-0.39, 0.29) is 16.9 Å². The van der Waals surface area contributed by atoms with Crippen LogP contribution in [0, 0.1) is 3.57 Å². The first-order valence-electron chi connectivity index (χ1n) is 9.90. The Labute approximate surface area is 200 Å². The smallest absolute Gasteiger partial charge is 0.442 e. The standard InChI is InChI=1S/C22H19F3IN3O4/c1-10(30)12-8-14-16(18(31)20(2,3)33-17(14)15(26)9-12)27-19(32)11-5-4-6-13(7-11)21(28-29-21)22(23,24)25/h4-9,16,18,31H,1-3H3,(H,27,32)/i26-2. The third kappa shape index (κ3) is 4.01. The highest BCUT2D eigenvalue weighted by molar-refractivity contribution is 14.1. The maximum absolute atomic E-state index is 13.4. The molecule has 4 rings (SSSR count). The number of Topliss-reactive ketones (excluding diaryl/α,β-unsaturated/α-hetero) is 1. The van der Waals surface area contributed by atoms with E-state index in [9.17, 15) is 27.9 Å². The van der Waals surface area contributed by atoms with Crippen LogP contribution in [0.2, 0.25) is 0 Å². The topological polar surface area (TPSA) is 100 Å². The van der Waals surface area contributed by atoms with Gasteiger partial charge in [0.15, 0.2) is 5.78 Å². The first-order chi connectivity index (χ1) is 15.3. The van der Waals surface area contributed by atoms with Gasteiger partial charge in [0, 0.05) is 22.3 Å². The summed E-state index contributed by atoms with van der Waals surface area (Å²) in [5.41, 5.74) is -3.28. The fraction of sp³-hybridized carbons (Fsp3) is 0.364. The molecule has 2 aromatic carbocycles. The fourth-order valence-electron chi connectivity index (χ4n) is 3.75. The third-order valence-corrected chi connectivity index (χ3v) is 6.52. The van der Waals surface area contributed by atoms with Gasteiger partial charge in [0.25, 0.3) is 5.91 Å². The molecule has 0 spiro atoms. The van der Waals surface area contributed by atoms with Crippen molar-refractivity contribution in [3.63, 3.8) is 0 Å². The minimum atomic E-state index is -4.72. The van der Waals surface area contributed by atoms with Crippen LogP contribution in [0.25, 0.3) is 0 Å². The number of rotatable bonds is 4. The molecule has 0 saturated carbocycles. The van der Waals surface area contributed by atoms with Gasteiger partial charge in [0.2, 0.25) is 0 Å². The molecule has 0 aliphatic carbocycles. The number of nitrogens with one attached hydrogen (secondary N) is 1. The van der Waals surface area contributed by atoms with E-state index in [0.717, 1.165) is 6.07 Å². The largest absolute Gasteiger partial charge is 0.484 e.